The number of benzene rings is 2. The molecule has 2 aromatic carbocycles. The first kappa shape index (κ1) is 16.9. The van der Waals surface area contributed by atoms with Gasteiger partial charge in [-0.1, -0.05) is 66.2 Å². The van der Waals surface area contributed by atoms with Gasteiger partial charge in [-0.2, -0.15) is 4.98 Å². The van der Waals surface area contributed by atoms with Gasteiger partial charge in [-0.15, -0.1) is 0 Å². The Labute approximate surface area is 158 Å². The maximum atomic E-state index is 5.45. The van der Waals surface area contributed by atoms with E-state index >= 15 is 0 Å². The van der Waals surface area contributed by atoms with Crippen LogP contribution >= 0.6 is 12.2 Å². The van der Waals surface area contributed by atoms with E-state index in [1.165, 1.54) is 16.7 Å². The summed E-state index contributed by atoms with van der Waals surface area (Å²) in [6.45, 7) is 4.75. The average Bonchev–Trinajstić information content (AvgIpc) is 3.04. The van der Waals surface area contributed by atoms with Gasteiger partial charge in [0.05, 0.1) is 6.67 Å². The van der Waals surface area contributed by atoms with Crippen LogP contribution in [0.5, 0.6) is 0 Å². The lowest BCUT2D eigenvalue weighted by molar-refractivity contribution is 0.226. The van der Waals surface area contributed by atoms with Crippen LogP contribution in [-0.4, -0.2) is 32.8 Å². The van der Waals surface area contributed by atoms with Gasteiger partial charge in [0.25, 0.3) is 0 Å². The van der Waals surface area contributed by atoms with Crippen molar-refractivity contribution in [1.29, 1.82) is 0 Å². The lowest BCUT2D eigenvalue weighted by Crippen LogP contribution is -2.31. The number of aryl methyl sites for hydroxylation is 1. The molecule has 0 bridgehead atoms. The van der Waals surface area contributed by atoms with Gasteiger partial charge in [-0.05, 0) is 36.7 Å². The summed E-state index contributed by atoms with van der Waals surface area (Å²) in [5.41, 5.74) is 5.05. The standard InChI is InChI=1S/C21H22N4S/c1-16-7-9-19(10-8-16)20-22-21(26)25(23-20)15-24-13-11-18(12-14-24)17-5-3-2-4-6-17/h2-11H,12-15H2,1H3,(H,22,23,26). The predicted molar refractivity (Wildman–Crippen MR) is 108 cm³/mol. The first-order valence-corrected chi connectivity index (χ1v) is 9.30. The van der Waals surface area contributed by atoms with Crippen LogP contribution in [-0.2, 0) is 6.67 Å². The van der Waals surface area contributed by atoms with Crippen molar-refractivity contribution in [2.24, 2.45) is 0 Å². The highest BCUT2D eigenvalue weighted by Crippen LogP contribution is 2.22. The number of rotatable bonds is 4. The molecule has 0 aliphatic carbocycles. The molecule has 2 heterocycles. The molecule has 4 rings (SSSR count). The molecule has 1 aliphatic heterocycles. The number of aromatic nitrogens is 3. The average molecular weight is 363 g/mol. The molecule has 0 fully saturated rings. The number of aromatic amines is 1. The van der Waals surface area contributed by atoms with Crippen LogP contribution in [0.15, 0.2) is 60.7 Å². The van der Waals surface area contributed by atoms with Gasteiger partial charge in [0, 0.05) is 18.7 Å². The highest BCUT2D eigenvalue weighted by atomic mass is 32.1. The Hall–Kier alpha value is -2.50. The van der Waals surface area contributed by atoms with Crippen molar-refractivity contribution in [1.82, 2.24) is 19.7 Å². The zero-order valence-corrected chi connectivity index (χ0v) is 15.7. The minimum atomic E-state index is 0.596. The van der Waals surface area contributed by atoms with Crippen molar-refractivity contribution in [2.75, 3.05) is 13.1 Å². The number of nitrogens with one attached hydrogen (secondary N) is 1. The van der Waals surface area contributed by atoms with Gasteiger partial charge >= 0.3 is 0 Å². The third kappa shape index (κ3) is 3.69. The molecule has 132 valence electrons. The zero-order valence-electron chi connectivity index (χ0n) is 14.9. The molecule has 1 N–H and O–H groups in total. The molecule has 0 saturated heterocycles. The first-order valence-electron chi connectivity index (χ1n) is 8.90. The van der Waals surface area contributed by atoms with Gasteiger partial charge in [-0.3, -0.25) is 10.00 Å². The molecule has 0 saturated carbocycles. The van der Waals surface area contributed by atoms with Crippen molar-refractivity contribution < 1.29 is 0 Å². The molecule has 0 atom stereocenters. The summed E-state index contributed by atoms with van der Waals surface area (Å²) in [6.07, 6.45) is 3.37. The molecule has 3 aromatic rings. The Bertz CT molecular complexity index is 967. The summed E-state index contributed by atoms with van der Waals surface area (Å²) in [5, 5.41) is 3.35. The molecule has 4 nitrogen and oxygen atoms in total. The fourth-order valence-corrected chi connectivity index (χ4v) is 3.44. The van der Waals surface area contributed by atoms with Crippen molar-refractivity contribution in [3.05, 3.63) is 76.6 Å². The second-order valence-corrected chi connectivity index (χ2v) is 7.08. The normalized spacial score (nSPS) is 15.0. The second kappa shape index (κ2) is 7.40. The van der Waals surface area contributed by atoms with Crippen LogP contribution in [0.4, 0.5) is 0 Å². The van der Waals surface area contributed by atoms with E-state index in [9.17, 15) is 0 Å². The van der Waals surface area contributed by atoms with Crippen LogP contribution in [0.25, 0.3) is 17.0 Å². The van der Waals surface area contributed by atoms with Gasteiger partial charge in [0.2, 0.25) is 4.77 Å². The molecule has 0 radical (unpaired) electrons. The maximum absolute atomic E-state index is 5.45. The Morgan fingerprint density at radius 1 is 1.04 bits per heavy atom. The summed E-state index contributed by atoms with van der Waals surface area (Å²) < 4.78 is 2.55. The van der Waals surface area contributed by atoms with Gasteiger partial charge in [0.15, 0.2) is 5.82 Å². The summed E-state index contributed by atoms with van der Waals surface area (Å²) >= 11 is 5.45. The number of nitrogens with zero attached hydrogens (tertiary/aromatic N) is 3. The molecular weight excluding hydrogens is 340 g/mol. The van der Waals surface area contributed by atoms with E-state index in [-0.39, 0.29) is 0 Å². The second-order valence-electron chi connectivity index (χ2n) is 6.71. The van der Waals surface area contributed by atoms with Crippen molar-refractivity contribution in [3.63, 3.8) is 0 Å². The lowest BCUT2D eigenvalue weighted by atomic mass is 10.00. The Morgan fingerprint density at radius 3 is 2.50 bits per heavy atom. The third-order valence-corrected chi connectivity index (χ3v) is 5.10. The predicted octanol–water partition coefficient (Wildman–Crippen LogP) is 4.66. The van der Waals surface area contributed by atoms with Gasteiger partial charge in [0.1, 0.15) is 0 Å². The summed E-state index contributed by atoms with van der Waals surface area (Å²) in [4.78, 5) is 6.89. The number of H-pyrrole nitrogens is 1. The van der Waals surface area contributed by atoms with Crippen molar-refractivity contribution >= 4 is 17.8 Å². The molecule has 0 unspecified atom stereocenters. The van der Waals surface area contributed by atoms with E-state index in [2.05, 4.69) is 82.6 Å². The molecular formula is C21H22N4S. The van der Waals surface area contributed by atoms with Gasteiger partial charge in [-0.25, -0.2) is 4.68 Å². The maximum Gasteiger partial charge on any atom is 0.217 e. The van der Waals surface area contributed by atoms with Gasteiger partial charge < -0.3 is 0 Å². The summed E-state index contributed by atoms with van der Waals surface area (Å²) in [5.74, 6) is 0.826. The molecule has 5 heteroatoms. The number of hydrogen-bond donors (Lipinski definition) is 1. The minimum Gasteiger partial charge on any atom is -0.280 e. The van der Waals surface area contributed by atoms with E-state index in [1.807, 2.05) is 4.68 Å². The first-order chi connectivity index (χ1) is 12.7. The Morgan fingerprint density at radius 2 is 1.81 bits per heavy atom. The summed E-state index contributed by atoms with van der Waals surface area (Å²) in [6, 6.07) is 18.9. The highest BCUT2D eigenvalue weighted by Gasteiger charge is 2.14. The topological polar surface area (TPSA) is 36.9 Å². The molecule has 1 aromatic heterocycles. The molecule has 26 heavy (non-hydrogen) atoms. The van der Waals surface area contributed by atoms with E-state index in [0.717, 1.165) is 37.6 Å². The van der Waals surface area contributed by atoms with Crippen LogP contribution in [0.3, 0.4) is 0 Å². The third-order valence-electron chi connectivity index (χ3n) is 4.78. The molecule has 0 spiro atoms. The monoisotopic (exact) mass is 362 g/mol. The highest BCUT2D eigenvalue weighted by molar-refractivity contribution is 7.71. The number of hydrogen-bond acceptors (Lipinski definition) is 3. The van der Waals surface area contributed by atoms with E-state index in [4.69, 9.17) is 12.2 Å². The fraction of sp³-hybridized carbons (Fsp3) is 0.238. The van der Waals surface area contributed by atoms with E-state index in [1.54, 1.807) is 0 Å². The van der Waals surface area contributed by atoms with Crippen LogP contribution < -0.4 is 0 Å². The lowest BCUT2D eigenvalue weighted by Gasteiger charge is -2.26. The quantitative estimate of drug-likeness (QED) is 0.686. The smallest absolute Gasteiger partial charge is 0.217 e. The van der Waals surface area contributed by atoms with Crippen LogP contribution in [0, 0.1) is 11.7 Å². The zero-order chi connectivity index (χ0) is 17.9. The van der Waals surface area contributed by atoms with Crippen molar-refractivity contribution in [3.8, 4) is 11.4 Å². The van der Waals surface area contributed by atoms with E-state index < -0.39 is 0 Å². The van der Waals surface area contributed by atoms with Crippen molar-refractivity contribution in [2.45, 2.75) is 20.0 Å². The van der Waals surface area contributed by atoms with Crippen LogP contribution in [0.1, 0.15) is 17.5 Å². The SMILES string of the molecule is Cc1ccc(-c2nc(=S)n(CN3CC=C(c4ccccc4)CC3)[nH]2)cc1. The fourth-order valence-electron chi connectivity index (χ4n) is 3.25. The molecule has 0 amide bonds. The minimum absolute atomic E-state index is 0.596. The van der Waals surface area contributed by atoms with Crippen LogP contribution in [0.2, 0.25) is 0 Å². The Balaban J connectivity index is 1.46. The largest absolute Gasteiger partial charge is 0.280 e. The Kier molecular flexibility index (Phi) is 4.82. The summed E-state index contributed by atoms with van der Waals surface area (Å²) in [7, 11) is 0. The van der Waals surface area contributed by atoms with E-state index in [0.29, 0.717) is 4.77 Å². The molecule has 1 aliphatic rings.